The molecular formula is C20H21Cl3N2O3. The largest absolute Gasteiger partial charge is 0.484 e. The zero-order valence-electron chi connectivity index (χ0n) is 15.8. The molecule has 0 spiro atoms. The van der Waals surface area contributed by atoms with Crippen LogP contribution in [-0.4, -0.2) is 36.4 Å². The average Bonchev–Trinajstić information content (AvgIpc) is 2.67. The Hall–Kier alpha value is -1.95. The molecule has 0 radical (unpaired) electrons. The number of nitrogens with one attached hydrogen (secondary N) is 1. The molecule has 8 heteroatoms. The highest BCUT2D eigenvalue weighted by molar-refractivity contribution is 6.35. The molecule has 28 heavy (non-hydrogen) atoms. The lowest BCUT2D eigenvalue weighted by Crippen LogP contribution is -2.48. The molecule has 0 aromatic heterocycles. The highest BCUT2D eigenvalue weighted by Gasteiger charge is 2.26. The Morgan fingerprint density at radius 2 is 1.82 bits per heavy atom. The highest BCUT2D eigenvalue weighted by atomic mass is 35.5. The van der Waals surface area contributed by atoms with E-state index in [9.17, 15) is 9.59 Å². The van der Waals surface area contributed by atoms with Crippen LogP contribution in [0, 0.1) is 6.92 Å². The van der Waals surface area contributed by atoms with Crippen LogP contribution < -0.4 is 10.1 Å². The Bertz CT molecular complexity index is 874. The first-order valence-corrected chi connectivity index (χ1v) is 9.70. The third kappa shape index (κ3) is 5.77. The summed E-state index contributed by atoms with van der Waals surface area (Å²) < 4.78 is 5.60. The zero-order chi connectivity index (χ0) is 20.8. The molecule has 0 saturated carbocycles. The summed E-state index contributed by atoms with van der Waals surface area (Å²) in [5, 5.41) is 4.08. The molecule has 0 fully saturated rings. The van der Waals surface area contributed by atoms with Crippen molar-refractivity contribution in [1.29, 1.82) is 0 Å². The van der Waals surface area contributed by atoms with Gasteiger partial charge in [0.2, 0.25) is 5.91 Å². The van der Waals surface area contributed by atoms with E-state index in [1.165, 1.54) is 11.9 Å². The summed E-state index contributed by atoms with van der Waals surface area (Å²) in [7, 11) is 1.52. The zero-order valence-corrected chi connectivity index (χ0v) is 18.0. The number of benzene rings is 2. The van der Waals surface area contributed by atoms with Crippen molar-refractivity contribution in [2.75, 3.05) is 13.7 Å². The summed E-state index contributed by atoms with van der Waals surface area (Å²) >= 11 is 18.2. The van der Waals surface area contributed by atoms with E-state index in [1.807, 2.05) is 6.92 Å². The Morgan fingerprint density at radius 3 is 2.43 bits per heavy atom. The van der Waals surface area contributed by atoms with E-state index >= 15 is 0 Å². The Balaban J connectivity index is 2.18. The number of rotatable bonds is 7. The standard InChI is InChI=1S/C20H21Cl3N2O3/c1-12-8-16(6-7-17(12)22)28-11-19(26)25(13(2)20(27)24-3)10-14-4-5-15(21)9-18(14)23/h4-9,13H,10-11H2,1-3H3,(H,24,27). The van der Waals surface area contributed by atoms with Gasteiger partial charge < -0.3 is 15.0 Å². The molecule has 150 valence electrons. The van der Waals surface area contributed by atoms with Gasteiger partial charge in [-0.15, -0.1) is 0 Å². The number of carbonyl (C=O) groups excluding carboxylic acids is 2. The van der Waals surface area contributed by atoms with Crippen molar-refractivity contribution in [2.45, 2.75) is 26.4 Å². The Morgan fingerprint density at radius 1 is 1.11 bits per heavy atom. The van der Waals surface area contributed by atoms with Crippen molar-refractivity contribution in [3.8, 4) is 5.75 Å². The lowest BCUT2D eigenvalue weighted by Gasteiger charge is -2.28. The third-order valence-corrected chi connectivity index (χ3v) is 5.27. The van der Waals surface area contributed by atoms with Crippen molar-refractivity contribution >= 4 is 46.6 Å². The first kappa shape index (κ1) is 22.3. The maximum atomic E-state index is 12.8. The minimum Gasteiger partial charge on any atom is -0.484 e. The normalized spacial score (nSPS) is 11.6. The maximum absolute atomic E-state index is 12.8. The summed E-state index contributed by atoms with van der Waals surface area (Å²) in [6, 6.07) is 9.44. The average molecular weight is 444 g/mol. The van der Waals surface area contributed by atoms with Gasteiger partial charge in [-0.1, -0.05) is 40.9 Å². The van der Waals surface area contributed by atoms with Crippen LogP contribution in [0.15, 0.2) is 36.4 Å². The summed E-state index contributed by atoms with van der Waals surface area (Å²) in [5.41, 5.74) is 1.52. The number of nitrogens with zero attached hydrogens (tertiary/aromatic N) is 1. The molecule has 5 nitrogen and oxygen atoms in total. The lowest BCUT2D eigenvalue weighted by molar-refractivity contribution is -0.142. The van der Waals surface area contributed by atoms with Crippen molar-refractivity contribution in [2.24, 2.45) is 0 Å². The summed E-state index contributed by atoms with van der Waals surface area (Å²) in [4.78, 5) is 26.4. The van der Waals surface area contributed by atoms with E-state index < -0.39 is 6.04 Å². The number of hydrogen-bond donors (Lipinski definition) is 1. The fourth-order valence-corrected chi connectivity index (χ4v) is 3.15. The van der Waals surface area contributed by atoms with Crippen LogP contribution in [0.3, 0.4) is 0 Å². The molecule has 1 atom stereocenters. The fourth-order valence-electron chi connectivity index (χ4n) is 2.56. The van der Waals surface area contributed by atoms with Gasteiger partial charge in [0, 0.05) is 28.7 Å². The van der Waals surface area contributed by atoms with Crippen molar-refractivity contribution in [3.63, 3.8) is 0 Å². The molecule has 0 saturated heterocycles. The monoisotopic (exact) mass is 442 g/mol. The molecule has 1 unspecified atom stereocenters. The number of hydrogen-bond acceptors (Lipinski definition) is 3. The van der Waals surface area contributed by atoms with Gasteiger partial charge in [0.1, 0.15) is 11.8 Å². The number of ether oxygens (including phenoxy) is 1. The number of halogens is 3. The van der Waals surface area contributed by atoms with Crippen molar-refractivity contribution in [3.05, 3.63) is 62.6 Å². The minimum atomic E-state index is -0.709. The molecule has 0 heterocycles. The molecule has 0 aliphatic heterocycles. The van der Waals surface area contributed by atoms with Crippen LogP contribution in [0.25, 0.3) is 0 Å². The lowest BCUT2D eigenvalue weighted by atomic mass is 10.1. The molecule has 0 bridgehead atoms. The van der Waals surface area contributed by atoms with E-state index in [-0.39, 0.29) is 25.0 Å². The molecular weight excluding hydrogens is 423 g/mol. The molecule has 2 rings (SSSR count). The molecule has 2 aromatic carbocycles. The number of likely N-dealkylation sites (N-methyl/N-ethyl adjacent to an activating group) is 1. The Kier molecular flexibility index (Phi) is 7.98. The van der Waals surface area contributed by atoms with Gasteiger partial charge in [-0.05, 0) is 55.3 Å². The van der Waals surface area contributed by atoms with E-state index in [1.54, 1.807) is 43.3 Å². The van der Waals surface area contributed by atoms with E-state index in [4.69, 9.17) is 39.5 Å². The summed E-state index contributed by atoms with van der Waals surface area (Å²) in [5.74, 6) is -0.122. The highest BCUT2D eigenvalue weighted by Crippen LogP contribution is 2.24. The second-order valence-corrected chi connectivity index (χ2v) is 7.50. The first-order valence-electron chi connectivity index (χ1n) is 8.57. The van der Waals surface area contributed by atoms with Gasteiger partial charge in [0.05, 0.1) is 0 Å². The molecule has 0 aliphatic carbocycles. The van der Waals surface area contributed by atoms with Crippen LogP contribution in [0.1, 0.15) is 18.1 Å². The van der Waals surface area contributed by atoms with Crippen LogP contribution in [0.5, 0.6) is 5.75 Å². The quantitative estimate of drug-likeness (QED) is 0.685. The number of aryl methyl sites for hydroxylation is 1. The van der Waals surface area contributed by atoms with Crippen LogP contribution in [0.4, 0.5) is 0 Å². The minimum absolute atomic E-state index is 0.145. The van der Waals surface area contributed by atoms with E-state index in [0.29, 0.717) is 26.4 Å². The SMILES string of the molecule is CNC(=O)C(C)N(Cc1ccc(Cl)cc1Cl)C(=O)COc1ccc(Cl)c(C)c1. The van der Waals surface area contributed by atoms with Gasteiger partial charge >= 0.3 is 0 Å². The second kappa shape index (κ2) is 10.0. The number of amides is 2. The number of carbonyl (C=O) groups is 2. The molecule has 2 aromatic rings. The Labute approximate surface area is 179 Å². The third-order valence-electron chi connectivity index (χ3n) is 4.26. The predicted molar refractivity (Wildman–Crippen MR) is 112 cm³/mol. The topological polar surface area (TPSA) is 58.6 Å². The molecule has 2 amide bonds. The predicted octanol–water partition coefficient (Wildman–Crippen LogP) is 4.50. The van der Waals surface area contributed by atoms with E-state index in [0.717, 1.165) is 5.56 Å². The molecule has 1 N–H and O–H groups in total. The maximum Gasteiger partial charge on any atom is 0.261 e. The van der Waals surface area contributed by atoms with Gasteiger partial charge in [0.25, 0.3) is 5.91 Å². The van der Waals surface area contributed by atoms with Gasteiger partial charge in [-0.3, -0.25) is 9.59 Å². The van der Waals surface area contributed by atoms with Crippen molar-refractivity contribution in [1.82, 2.24) is 10.2 Å². The van der Waals surface area contributed by atoms with Crippen LogP contribution >= 0.6 is 34.8 Å². The summed E-state index contributed by atoms with van der Waals surface area (Å²) in [6.07, 6.45) is 0. The van der Waals surface area contributed by atoms with Gasteiger partial charge in [-0.2, -0.15) is 0 Å². The van der Waals surface area contributed by atoms with Crippen LogP contribution in [-0.2, 0) is 16.1 Å². The first-order chi connectivity index (χ1) is 13.2. The van der Waals surface area contributed by atoms with E-state index in [2.05, 4.69) is 5.32 Å². The van der Waals surface area contributed by atoms with Gasteiger partial charge in [0.15, 0.2) is 6.61 Å². The van der Waals surface area contributed by atoms with Crippen LogP contribution in [0.2, 0.25) is 15.1 Å². The molecule has 0 aliphatic rings. The second-order valence-electron chi connectivity index (χ2n) is 6.25. The van der Waals surface area contributed by atoms with Gasteiger partial charge in [-0.25, -0.2) is 0 Å². The smallest absolute Gasteiger partial charge is 0.261 e. The summed E-state index contributed by atoms with van der Waals surface area (Å²) in [6.45, 7) is 3.41. The fraction of sp³-hybridized carbons (Fsp3) is 0.300. The van der Waals surface area contributed by atoms with Crippen molar-refractivity contribution < 1.29 is 14.3 Å².